The molecule has 0 bridgehead atoms. The minimum Gasteiger partial charge on any atom is -0.478 e. The summed E-state index contributed by atoms with van der Waals surface area (Å²) < 4.78 is 0. The van der Waals surface area contributed by atoms with Crippen molar-refractivity contribution in [1.29, 1.82) is 0 Å². The van der Waals surface area contributed by atoms with E-state index in [1.165, 1.54) is 0 Å². The number of carbonyl (C=O) groups is 1. The number of rotatable bonds is 3. The highest BCUT2D eigenvalue weighted by atomic mass is 35.5. The maximum absolute atomic E-state index is 10.4. The van der Waals surface area contributed by atoms with Gasteiger partial charge in [0.05, 0.1) is 0 Å². The van der Waals surface area contributed by atoms with Crippen LogP contribution in [0.25, 0.3) is 0 Å². The van der Waals surface area contributed by atoms with E-state index in [-0.39, 0.29) is 5.57 Å². The molecular weight excluding hydrogens is 188 g/mol. The highest BCUT2D eigenvalue weighted by molar-refractivity contribution is 6.30. The summed E-state index contributed by atoms with van der Waals surface area (Å²) in [5.74, 6) is -0.963. The van der Waals surface area contributed by atoms with Gasteiger partial charge in [0, 0.05) is 17.0 Å². The van der Waals surface area contributed by atoms with Gasteiger partial charge in [-0.15, -0.1) is 0 Å². The Morgan fingerprint density at radius 1 is 1.38 bits per heavy atom. The highest BCUT2D eigenvalue weighted by Gasteiger charge is 2.04. The molecular formula is C10H9ClO2. The Bertz CT molecular complexity index is 327. The Kier molecular flexibility index (Phi) is 3.09. The monoisotopic (exact) mass is 196 g/mol. The Morgan fingerprint density at radius 3 is 2.38 bits per heavy atom. The van der Waals surface area contributed by atoms with E-state index in [1.807, 2.05) is 0 Å². The molecule has 13 heavy (non-hydrogen) atoms. The van der Waals surface area contributed by atoms with Gasteiger partial charge in [0.25, 0.3) is 0 Å². The van der Waals surface area contributed by atoms with Crippen LogP contribution in [-0.4, -0.2) is 11.1 Å². The van der Waals surface area contributed by atoms with Crippen LogP contribution in [0.15, 0.2) is 36.4 Å². The first-order valence-electron chi connectivity index (χ1n) is 3.75. The van der Waals surface area contributed by atoms with E-state index in [0.717, 1.165) is 5.56 Å². The van der Waals surface area contributed by atoms with Gasteiger partial charge < -0.3 is 5.11 Å². The van der Waals surface area contributed by atoms with Crippen molar-refractivity contribution in [3.05, 3.63) is 47.0 Å². The molecule has 1 N–H and O–H groups in total. The number of hydrogen-bond donors (Lipinski definition) is 1. The second kappa shape index (κ2) is 4.10. The van der Waals surface area contributed by atoms with Crippen molar-refractivity contribution in [3.8, 4) is 0 Å². The largest absolute Gasteiger partial charge is 0.478 e. The lowest BCUT2D eigenvalue weighted by Gasteiger charge is -2.00. The summed E-state index contributed by atoms with van der Waals surface area (Å²) in [5, 5.41) is 9.22. The van der Waals surface area contributed by atoms with Crippen LogP contribution < -0.4 is 0 Å². The van der Waals surface area contributed by atoms with Crippen molar-refractivity contribution in [1.82, 2.24) is 0 Å². The minimum absolute atomic E-state index is 0.183. The lowest BCUT2D eigenvalue weighted by atomic mass is 10.1. The Balaban J connectivity index is 2.70. The van der Waals surface area contributed by atoms with Gasteiger partial charge in [-0.25, -0.2) is 4.79 Å². The number of carboxylic acid groups (broad SMARTS) is 1. The van der Waals surface area contributed by atoms with E-state index in [4.69, 9.17) is 16.7 Å². The van der Waals surface area contributed by atoms with E-state index < -0.39 is 5.97 Å². The van der Waals surface area contributed by atoms with E-state index in [9.17, 15) is 4.79 Å². The van der Waals surface area contributed by atoms with Gasteiger partial charge >= 0.3 is 5.97 Å². The number of hydrogen-bond acceptors (Lipinski definition) is 1. The molecule has 0 saturated heterocycles. The quantitative estimate of drug-likeness (QED) is 0.755. The smallest absolute Gasteiger partial charge is 0.331 e. The Morgan fingerprint density at radius 2 is 1.92 bits per heavy atom. The first-order chi connectivity index (χ1) is 6.09. The number of carboxylic acids is 1. The Hall–Kier alpha value is -1.28. The molecule has 0 aliphatic carbocycles. The van der Waals surface area contributed by atoms with E-state index in [1.54, 1.807) is 24.3 Å². The molecule has 3 heteroatoms. The van der Waals surface area contributed by atoms with Crippen LogP contribution in [0.2, 0.25) is 5.02 Å². The average molecular weight is 197 g/mol. The van der Waals surface area contributed by atoms with Crippen molar-refractivity contribution >= 4 is 17.6 Å². The molecule has 1 aromatic rings. The predicted molar refractivity (Wildman–Crippen MR) is 51.9 cm³/mol. The number of benzene rings is 1. The molecule has 0 radical (unpaired) electrons. The van der Waals surface area contributed by atoms with Gasteiger partial charge in [-0.05, 0) is 17.7 Å². The van der Waals surface area contributed by atoms with E-state index >= 15 is 0 Å². The summed E-state index contributed by atoms with van der Waals surface area (Å²) in [6, 6.07) is 7.03. The summed E-state index contributed by atoms with van der Waals surface area (Å²) in [5.41, 5.74) is 1.08. The van der Waals surface area contributed by atoms with Gasteiger partial charge in [0.2, 0.25) is 0 Å². The molecule has 1 rings (SSSR count). The van der Waals surface area contributed by atoms with Crippen LogP contribution in [0.1, 0.15) is 5.56 Å². The van der Waals surface area contributed by atoms with Crippen molar-refractivity contribution in [2.75, 3.05) is 0 Å². The molecule has 0 aliphatic heterocycles. The third-order valence-electron chi connectivity index (χ3n) is 1.63. The molecule has 0 unspecified atom stereocenters. The lowest BCUT2D eigenvalue weighted by Crippen LogP contribution is -2.01. The summed E-state index contributed by atoms with van der Waals surface area (Å²) >= 11 is 5.67. The zero-order chi connectivity index (χ0) is 9.84. The molecule has 0 saturated carbocycles. The Labute approximate surface area is 81.5 Å². The number of aliphatic carboxylic acids is 1. The third kappa shape index (κ3) is 2.92. The summed E-state index contributed by atoms with van der Waals surface area (Å²) in [4.78, 5) is 10.4. The molecule has 0 spiro atoms. The zero-order valence-corrected chi connectivity index (χ0v) is 7.71. The summed E-state index contributed by atoms with van der Waals surface area (Å²) in [6.07, 6.45) is 0.354. The second-order valence-electron chi connectivity index (χ2n) is 2.71. The standard InChI is InChI=1S/C10H9ClO2/c1-7(10(12)13)6-8-2-4-9(11)5-3-8/h2-5H,1,6H2,(H,12,13). The van der Waals surface area contributed by atoms with Crippen molar-refractivity contribution in [2.45, 2.75) is 6.42 Å². The molecule has 0 aromatic heterocycles. The topological polar surface area (TPSA) is 37.3 Å². The van der Waals surface area contributed by atoms with Crippen molar-refractivity contribution < 1.29 is 9.90 Å². The fourth-order valence-corrected chi connectivity index (χ4v) is 1.05. The second-order valence-corrected chi connectivity index (χ2v) is 3.15. The first-order valence-corrected chi connectivity index (χ1v) is 4.13. The van der Waals surface area contributed by atoms with Crippen LogP contribution in [0.5, 0.6) is 0 Å². The van der Waals surface area contributed by atoms with Crippen molar-refractivity contribution in [2.24, 2.45) is 0 Å². The maximum atomic E-state index is 10.4. The SMILES string of the molecule is C=C(Cc1ccc(Cl)cc1)C(=O)O. The summed E-state index contributed by atoms with van der Waals surface area (Å²) in [6.45, 7) is 3.44. The summed E-state index contributed by atoms with van der Waals surface area (Å²) in [7, 11) is 0. The van der Waals surface area contributed by atoms with Crippen LogP contribution in [0.4, 0.5) is 0 Å². The molecule has 68 valence electrons. The molecule has 0 aliphatic rings. The fourth-order valence-electron chi connectivity index (χ4n) is 0.924. The molecule has 0 heterocycles. The fraction of sp³-hybridized carbons (Fsp3) is 0.100. The first kappa shape index (κ1) is 9.81. The third-order valence-corrected chi connectivity index (χ3v) is 1.89. The van der Waals surface area contributed by atoms with Gasteiger partial charge in [-0.2, -0.15) is 0 Å². The van der Waals surface area contributed by atoms with Crippen LogP contribution in [0.3, 0.4) is 0 Å². The van der Waals surface area contributed by atoms with Crippen LogP contribution in [-0.2, 0) is 11.2 Å². The normalized spacial score (nSPS) is 9.62. The average Bonchev–Trinajstić information content (AvgIpc) is 2.08. The van der Waals surface area contributed by atoms with Crippen LogP contribution >= 0.6 is 11.6 Å². The molecule has 2 nitrogen and oxygen atoms in total. The predicted octanol–water partition coefficient (Wildman–Crippen LogP) is 2.52. The molecule has 0 amide bonds. The molecule has 0 fully saturated rings. The maximum Gasteiger partial charge on any atom is 0.331 e. The number of halogens is 1. The van der Waals surface area contributed by atoms with E-state index in [2.05, 4.69) is 6.58 Å². The van der Waals surface area contributed by atoms with Crippen molar-refractivity contribution in [3.63, 3.8) is 0 Å². The van der Waals surface area contributed by atoms with Gasteiger partial charge in [-0.1, -0.05) is 30.3 Å². The van der Waals surface area contributed by atoms with Crippen LogP contribution in [0, 0.1) is 0 Å². The zero-order valence-electron chi connectivity index (χ0n) is 6.96. The van der Waals surface area contributed by atoms with Gasteiger partial charge in [0.1, 0.15) is 0 Å². The highest BCUT2D eigenvalue weighted by Crippen LogP contribution is 2.12. The lowest BCUT2D eigenvalue weighted by molar-refractivity contribution is -0.132. The molecule has 0 atom stereocenters. The van der Waals surface area contributed by atoms with Gasteiger partial charge in [0.15, 0.2) is 0 Å². The minimum atomic E-state index is -0.963. The van der Waals surface area contributed by atoms with Gasteiger partial charge in [-0.3, -0.25) is 0 Å². The van der Waals surface area contributed by atoms with E-state index in [0.29, 0.717) is 11.4 Å². The molecule has 1 aromatic carbocycles.